The number of hydrogen-bond donors (Lipinski definition) is 0. The highest BCUT2D eigenvalue weighted by Crippen LogP contribution is 2.58. The Bertz CT molecular complexity index is 1410. The molecule has 1 atom stereocenters. The van der Waals surface area contributed by atoms with E-state index in [4.69, 9.17) is 9.47 Å². The predicted molar refractivity (Wildman–Crippen MR) is 158 cm³/mol. The predicted octanol–water partition coefficient (Wildman–Crippen LogP) is 8.09. The van der Waals surface area contributed by atoms with Crippen LogP contribution in [-0.4, -0.2) is 18.1 Å². The number of benzene rings is 4. The molecule has 2 heterocycles. The van der Waals surface area contributed by atoms with Crippen LogP contribution in [0.5, 0.6) is 11.5 Å². The van der Waals surface area contributed by atoms with Crippen molar-refractivity contribution in [2.45, 2.75) is 58.1 Å². The molecule has 6 rings (SSSR count). The van der Waals surface area contributed by atoms with E-state index in [1.54, 1.807) is 0 Å². The molecule has 0 aliphatic carbocycles. The van der Waals surface area contributed by atoms with Crippen molar-refractivity contribution in [3.8, 4) is 11.5 Å². The SMILES string of the molecule is CC.CCOc1ccc2c(c1)OC(C)(C)CC21C(=O)N(C(c2ccccc2)c2ccccc2)c2ccccc21. The Morgan fingerprint density at radius 3 is 2.03 bits per heavy atom. The summed E-state index contributed by atoms with van der Waals surface area (Å²) in [7, 11) is 0. The van der Waals surface area contributed by atoms with Crippen molar-refractivity contribution >= 4 is 11.6 Å². The third kappa shape index (κ3) is 4.48. The van der Waals surface area contributed by atoms with E-state index in [9.17, 15) is 0 Å². The van der Waals surface area contributed by atoms with E-state index in [1.165, 1.54) is 0 Å². The molecular formula is C35H37NO3. The number of rotatable bonds is 5. The molecule has 0 bridgehead atoms. The first-order valence-corrected chi connectivity index (χ1v) is 13.9. The Labute approximate surface area is 232 Å². The molecule has 0 fully saturated rings. The molecule has 1 unspecified atom stereocenters. The molecule has 0 aromatic heterocycles. The second-order valence-electron chi connectivity index (χ2n) is 10.5. The number of carbonyl (C=O) groups is 1. The summed E-state index contributed by atoms with van der Waals surface area (Å²) in [6.07, 6.45) is 0.545. The van der Waals surface area contributed by atoms with E-state index in [1.807, 2.05) is 92.4 Å². The Balaban J connectivity index is 0.00000151. The fourth-order valence-corrected chi connectivity index (χ4v) is 6.19. The third-order valence-electron chi connectivity index (χ3n) is 7.50. The van der Waals surface area contributed by atoms with Crippen LogP contribution in [0.25, 0.3) is 0 Å². The number of carbonyl (C=O) groups excluding carboxylic acids is 1. The molecule has 0 radical (unpaired) electrons. The van der Waals surface area contributed by atoms with Gasteiger partial charge in [-0.05, 0) is 49.6 Å². The normalized spacial score (nSPS) is 18.6. The van der Waals surface area contributed by atoms with Crippen LogP contribution in [0.2, 0.25) is 0 Å². The fourth-order valence-electron chi connectivity index (χ4n) is 6.19. The Hall–Kier alpha value is -4.05. The summed E-state index contributed by atoms with van der Waals surface area (Å²) >= 11 is 0. The molecule has 0 N–H and O–H groups in total. The van der Waals surface area contributed by atoms with Gasteiger partial charge in [0.25, 0.3) is 0 Å². The molecule has 4 aromatic carbocycles. The van der Waals surface area contributed by atoms with Gasteiger partial charge in [-0.25, -0.2) is 0 Å². The number of ether oxygens (including phenoxy) is 2. The second kappa shape index (κ2) is 10.6. The van der Waals surface area contributed by atoms with Gasteiger partial charge in [0.15, 0.2) is 0 Å². The van der Waals surface area contributed by atoms with Crippen molar-refractivity contribution in [3.63, 3.8) is 0 Å². The highest BCUT2D eigenvalue weighted by molar-refractivity contribution is 6.12. The van der Waals surface area contributed by atoms with Crippen LogP contribution in [-0.2, 0) is 10.2 Å². The van der Waals surface area contributed by atoms with Gasteiger partial charge in [-0.1, -0.05) is 98.8 Å². The summed E-state index contributed by atoms with van der Waals surface area (Å²) in [4.78, 5) is 17.0. The minimum Gasteiger partial charge on any atom is -0.494 e. The summed E-state index contributed by atoms with van der Waals surface area (Å²) < 4.78 is 12.3. The maximum atomic E-state index is 15.0. The van der Waals surface area contributed by atoms with E-state index in [0.717, 1.165) is 33.7 Å². The molecular weight excluding hydrogens is 482 g/mol. The fraction of sp³-hybridized carbons (Fsp3) is 0.286. The van der Waals surface area contributed by atoms with Crippen LogP contribution in [0.4, 0.5) is 5.69 Å². The summed E-state index contributed by atoms with van der Waals surface area (Å²) in [5.74, 6) is 1.53. The molecule has 2 aliphatic heterocycles. The number of amides is 1. The maximum absolute atomic E-state index is 15.0. The Morgan fingerprint density at radius 1 is 0.821 bits per heavy atom. The van der Waals surface area contributed by atoms with Gasteiger partial charge >= 0.3 is 0 Å². The summed E-state index contributed by atoms with van der Waals surface area (Å²) in [6.45, 7) is 10.7. The largest absolute Gasteiger partial charge is 0.494 e. The number of nitrogens with zero attached hydrogens (tertiary/aromatic N) is 1. The highest BCUT2D eigenvalue weighted by atomic mass is 16.5. The maximum Gasteiger partial charge on any atom is 0.243 e. The highest BCUT2D eigenvalue weighted by Gasteiger charge is 2.59. The molecule has 4 nitrogen and oxygen atoms in total. The quantitative estimate of drug-likeness (QED) is 0.267. The van der Waals surface area contributed by atoms with Gasteiger partial charge in [0.2, 0.25) is 5.91 Å². The first-order chi connectivity index (χ1) is 18.9. The van der Waals surface area contributed by atoms with E-state index in [-0.39, 0.29) is 11.9 Å². The van der Waals surface area contributed by atoms with Gasteiger partial charge in [0.1, 0.15) is 22.5 Å². The minimum atomic E-state index is -0.861. The first kappa shape index (κ1) is 26.6. The van der Waals surface area contributed by atoms with Gasteiger partial charge < -0.3 is 9.47 Å². The lowest BCUT2D eigenvalue weighted by atomic mass is 9.67. The van der Waals surface area contributed by atoms with Gasteiger partial charge in [-0.2, -0.15) is 0 Å². The molecule has 4 aromatic rings. The van der Waals surface area contributed by atoms with Crippen LogP contribution >= 0.6 is 0 Å². The lowest BCUT2D eigenvalue weighted by Gasteiger charge is -2.44. The minimum absolute atomic E-state index is 0.0770. The van der Waals surface area contributed by atoms with E-state index in [0.29, 0.717) is 18.8 Å². The van der Waals surface area contributed by atoms with Crippen LogP contribution in [0.1, 0.15) is 69.3 Å². The van der Waals surface area contributed by atoms with E-state index >= 15 is 4.79 Å². The molecule has 0 saturated heterocycles. The van der Waals surface area contributed by atoms with Gasteiger partial charge in [0.05, 0.1) is 12.6 Å². The van der Waals surface area contributed by atoms with Crippen molar-refractivity contribution in [2.75, 3.05) is 11.5 Å². The lowest BCUT2D eigenvalue weighted by Crippen LogP contribution is -2.51. The molecule has 0 saturated carbocycles. The van der Waals surface area contributed by atoms with E-state index in [2.05, 4.69) is 50.2 Å². The molecule has 4 heteroatoms. The standard InChI is InChI=1S/C33H31NO3.C2H6/c1-4-36-25-19-20-27-29(21-25)37-32(2,3)22-33(27)26-17-11-12-18-28(26)34(31(33)35)30(23-13-7-5-8-14-23)24-15-9-6-10-16-24;1-2/h5-21,30H,4,22H2,1-3H3;1-2H3. The average molecular weight is 520 g/mol. The second-order valence-corrected chi connectivity index (χ2v) is 10.5. The van der Waals surface area contributed by atoms with Crippen molar-refractivity contribution in [1.29, 1.82) is 0 Å². The summed E-state index contributed by atoms with van der Waals surface area (Å²) in [5.41, 5.74) is 3.61. The van der Waals surface area contributed by atoms with Gasteiger partial charge in [0, 0.05) is 23.7 Å². The Kier molecular flexibility index (Phi) is 7.22. The first-order valence-electron chi connectivity index (χ1n) is 13.9. The zero-order chi connectivity index (χ0) is 27.6. The van der Waals surface area contributed by atoms with Gasteiger partial charge in [-0.3, -0.25) is 9.69 Å². The molecule has 1 spiro atoms. The Morgan fingerprint density at radius 2 is 1.41 bits per heavy atom. The lowest BCUT2D eigenvalue weighted by molar-refractivity contribution is -0.124. The monoisotopic (exact) mass is 519 g/mol. The summed E-state index contributed by atoms with van der Waals surface area (Å²) in [6, 6.07) is 34.5. The van der Waals surface area contributed by atoms with Gasteiger partial charge in [-0.15, -0.1) is 0 Å². The molecule has 39 heavy (non-hydrogen) atoms. The number of anilines is 1. The molecule has 2 aliphatic rings. The van der Waals surface area contributed by atoms with Crippen LogP contribution in [0.15, 0.2) is 103 Å². The summed E-state index contributed by atoms with van der Waals surface area (Å²) in [5, 5.41) is 0. The topological polar surface area (TPSA) is 38.8 Å². The zero-order valence-electron chi connectivity index (χ0n) is 23.5. The molecule has 200 valence electrons. The third-order valence-corrected chi connectivity index (χ3v) is 7.50. The zero-order valence-corrected chi connectivity index (χ0v) is 23.5. The van der Waals surface area contributed by atoms with Crippen molar-refractivity contribution < 1.29 is 14.3 Å². The number of fused-ring (bicyclic) bond motifs is 4. The smallest absolute Gasteiger partial charge is 0.243 e. The van der Waals surface area contributed by atoms with Crippen molar-refractivity contribution in [2.24, 2.45) is 0 Å². The van der Waals surface area contributed by atoms with Crippen LogP contribution < -0.4 is 14.4 Å². The number of hydrogen-bond acceptors (Lipinski definition) is 3. The number of para-hydroxylation sites is 1. The van der Waals surface area contributed by atoms with E-state index < -0.39 is 11.0 Å². The van der Waals surface area contributed by atoms with Crippen molar-refractivity contribution in [3.05, 3.63) is 125 Å². The van der Waals surface area contributed by atoms with Crippen LogP contribution in [0.3, 0.4) is 0 Å². The van der Waals surface area contributed by atoms with Crippen LogP contribution in [0, 0.1) is 0 Å². The van der Waals surface area contributed by atoms with Crippen molar-refractivity contribution in [1.82, 2.24) is 0 Å². The average Bonchev–Trinajstić information content (AvgIpc) is 3.18. The molecule has 1 amide bonds.